The maximum Gasteiger partial charge on any atom is 0.241 e. The molecule has 1 aliphatic rings. The van der Waals surface area contributed by atoms with Gasteiger partial charge in [-0.05, 0) is 37.5 Å². The lowest BCUT2D eigenvalue weighted by Crippen LogP contribution is -2.44. The van der Waals surface area contributed by atoms with Gasteiger partial charge in [0, 0.05) is 32.3 Å². The molecule has 1 fully saturated rings. The molecule has 0 saturated carbocycles. The van der Waals surface area contributed by atoms with Crippen molar-refractivity contribution in [1.29, 1.82) is 0 Å². The second-order valence-electron chi connectivity index (χ2n) is 6.00. The van der Waals surface area contributed by atoms with Crippen LogP contribution in [0.2, 0.25) is 0 Å². The van der Waals surface area contributed by atoms with E-state index in [1.54, 1.807) is 12.1 Å². The van der Waals surface area contributed by atoms with Crippen LogP contribution in [0.4, 0.5) is 4.39 Å². The van der Waals surface area contributed by atoms with Crippen LogP contribution in [0, 0.1) is 5.82 Å². The standard InChI is InChI=1S/C18H27FN4O2/c1-3-20-18(22-12-17(24)23-8-4-5-9-23)21-11-14-6-7-16(19)15(10-14)13-25-2/h6-7,10H,3-5,8-9,11-13H2,1-2H3,(H2,20,21,22). The van der Waals surface area contributed by atoms with Crippen LogP contribution in [0.5, 0.6) is 0 Å². The number of rotatable bonds is 7. The van der Waals surface area contributed by atoms with Crippen LogP contribution >= 0.6 is 0 Å². The lowest BCUT2D eigenvalue weighted by atomic mass is 10.1. The first kappa shape index (κ1) is 19.2. The molecule has 2 rings (SSSR count). The fourth-order valence-electron chi connectivity index (χ4n) is 2.74. The summed E-state index contributed by atoms with van der Waals surface area (Å²) >= 11 is 0. The first-order valence-corrected chi connectivity index (χ1v) is 8.70. The smallest absolute Gasteiger partial charge is 0.241 e. The van der Waals surface area contributed by atoms with E-state index in [2.05, 4.69) is 15.6 Å². The molecule has 1 heterocycles. The molecular weight excluding hydrogens is 323 g/mol. The summed E-state index contributed by atoms with van der Waals surface area (Å²) < 4.78 is 18.6. The van der Waals surface area contributed by atoms with Gasteiger partial charge < -0.3 is 20.3 Å². The van der Waals surface area contributed by atoms with E-state index in [-0.39, 0.29) is 24.9 Å². The van der Waals surface area contributed by atoms with Crippen molar-refractivity contribution in [2.24, 2.45) is 4.99 Å². The Hall–Kier alpha value is -2.15. The lowest BCUT2D eigenvalue weighted by molar-refractivity contribution is -0.128. The van der Waals surface area contributed by atoms with Crippen molar-refractivity contribution in [3.05, 3.63) is 35.1 Å². The normalized spacial score (nSPS) is 14.7. The minimum Gasteiger partial charge on any atom is -0.380 e. The van der Waals surface area contributed by atoms with Crippen molar-refractivity contribution >= 4 is 11.9 Å². The monoisotopic (exact) mass is 350 g/mol. The number of amides is 1. The van der Waals surface area contributed by atoms with Gasteiger partial charge in [0.25, 0.3) is 0 Å². The molecule has 138 valence electrons. The molecule has 0 radical (unpaired) electrons. The fraction of sp³-hybridized carbons (Fsp3) is 0.556. The number of nitrogens with one attached hydrogen (secondary N) is 2. The van der Waals surface area contributed by atoms with Crippen LogP contribution in [0.25, 0.3) is 0 Å². The molecular formula is C18H27FN4O2. The fourth-order valence-corrected chi connectivity index (χ4v) is 2.74. The average molecular weight is 350 g/mol. The second kappa shape index (κ2) is 9.98. The predicted molar refractivity (Wildman–Crippen MR) is 95.7 cm³/mol. The van der Waals surface area contributed by atoms with Gasteiger partial charge in [-0.15, -0.1) is 0 Å². The van der Waals surface area contributed by atoms with Gasteiger partial charge in [0.15, 0.2) is 5.96 Å². The van der Waals surface area contributed by atoms with Crippen LogP contribution in [0.3, 0.4) is 0 Å². The van der Waals surface area contributed by atoms with Crippen LogP contribution in [0.1, 0.15) is 30.9 Å². The number of guanidine groups is 1. The van der Waals surface area contributed by atoms with E-state index in [0.717, 1.165) is 31.5 Å². The summed E-state index contributed by atoms with van der Waals surface area (Å²) in [5.74, 6) is 0.385. The molecule has 1 saturated heterocycles. The zero-order chi connectivity index (χ0) is 18.1. The summed E-state index contributed by atoms with van der Waals surface area (Å²) in [4.78, 5) is 18.4. The highest BCUT2D eigenvalue weighted by Gasteiger charge is 2.17. The Labute approximate surface area is 148 Å². The molecule has 0 atom stereocenters. The van der Waals surface area contributed by atoms with Crippen molar-refractivity contribution in [1.82, 2.24) is 15.5 Å². The highest BCUT2D eigenvalue weighted by atomic mass is 19.1. The SMILES string of the molecule is CCNC(=NCc1ccc(F)c(COC)c1)NCC(=O)N1CCCC1. The Bertz CT molecular complexity index is 601. The van der Waals surface area contributed by atoms with Gasteiger partial charge >= 0.3 is 0 Å². The summed E-state index contributed by atoms with van der Waals surface area (Å²) in [5, 5.41) is 6.19. The number of nitrogens with zero attached hydrogens (tertiary/aromatic N) is 2. The number of carbonyl (C=O) groups excluding carboxylic acids is 1. The number of ether oxygens (including phenoxy) is 1. The van der Waals surface area contributed by atoms with E-state index in [1.807, 2.05) is 11.8 Å². The maximum atomic E-state index is 13.7. The Morgan fingerprint density at radius 1 is 1.32 bits per heavy atom. The van der Waals surface area contributed by atoms with Crippen molar-refractivity contribution in [3.8, 4) is 0 Å². The first-order chi connectivity index (χ1) is 12.1. The summed E-state index contributed by atoms with van der Waals surface area (Å²) in [6, 6.07) is 4.88. The van der Waals surface area contributed by atoms with Gasteiger partial charge in [-0.25, -0.2) is 9.38 Å². The Morgan fingerprint density at radius 2 is 2.08 bits per heavy atom. The zero-order valence-electron chi connectivity index (χ0n) is 15.0. The van der Waals surface area contributed by atoms with Crippen molar-refractivity contribution in [3.63, 3.8) is 0 Å². The lowest BCUT2D eigenvalue weighted by Gasteiger charge is -2.17. The highest BCUT2D eigenvalue weighted by molar-refractivity contribution is 5.86. The molecule has 0 bridgehead atoms. The summed E-state index contributed by atoms with van der Waals surface area (Å²) in [5.41, 5.74) is 1.40. The first-order valence-electron chi connectivity index (χ1n) is 8.70. The van der Waals surface area contributed by atoms with E-state index in [0.29, 0.717) is 24.6 Å². The number of benzene rings is 1. The van der Waals surface area contributed by atoms with Crippen LogP contribution in [-0.2, 0) is 22.7 Å². The maximum absolute atomic E-state index is 13.7. The molecule has 6 nitrogen and oxygen atoms in total. The Morgan fingerprint density at radius 3 is 2.76 bits per heavy atom. The molecule has 0 aromatic heterocycles. The number of methoxy groups -OCH3 is 1. The largest absolute Gasteiger partial charge is 0.380 e. The van der Waals surface area contributed by atoms with E-state index < -0.39 is 0 Å². The van der Waals surface area contributed by atoms with Gasteiger partial charge in [-0.2, -0.15) is 0 Å². The number of likely N-dealkylation sites (tertiary alicyclic amines) is 1. The van der Waals surface area contributed by atoms with E-state index in [9.17, 15) is 9.18 Å². The van der Waals surface area contributed by atoms with Crippen molar-refractivity contribution in [2.45, 2.75) is 32.9 Å². The number of aliphatic imine (C=N–C) groups is 1. The van der Waals surface area contributed by atoms with Crippen molar-refractivity contribution in [2.75, 3.05) is 33.3 Å². The highest BCUT2D eigenvalue weighted by Crippen LogP contribution is 2.12. The van der Waals surface area contributed by atoms with Gasteiger partial charge in [0.05, 0.1) is 19.7 Å². The Balaban J connectivity index is 1.94. The molecule has 0 unspecified atom stereocenters. The molecule has 0 spiro atoms. The summed E-state index contributed by atoms with van der Waals surface area (Å²) in [6.45, 7) is 5.19. The molecule has 1 aromatic rings. The minimum atomic E-state index is -0.282. The third-order valence-corrected chi connectivity index (χ3v) is 4.04. The van der Waals surface area contributed by atoms with Crippen LogP contribution < -0.4 is 10.6 Å². The summed E-state index contributed by atoms with van der Waals surface area (Å²) in [7, 11) is 1.54. The molecule has 1 aromatic carbocycles. The number of halogens is 1. The van der Waals surface area contributed by atoms with E-state index in [1.165, 1.54) is 13.2 Å². The molecule has 25 heavy (non-hydrogen) atoms. The topological polar surface area (TPSA) is 66.0 Å². The van der Waals surface area contributed by atoms with Gasteiger partial charge in [-0.3, -0.25) is 4.79 Å². The third-order valence-electron chi connectivity index (χ3n) is 4.04. The number of hydrogen-bond donors (Lipinski definition) is 2. The quantitative estimate of drug-likeness (QED) is 0.580. The molecule has 2 N–H and O–H groups in total. The molecule has 1 aliphatic heterocycles. The number of carbonyl (C=O) groups is 1. The molecule has 1 amide bonds. The van der Waals surface area contributed by atoms with Crippen molar-refractivity contribution < 1.29 is 13.9 Å². The molecule has 0 aliphatic carbocycles. The van der Waals surface area contributed by atoms with Crippen LogP contribution in [0.15, 0.2) is 23.2 Å². The summed E-state index contributed by atoms with van der Waals surface area (Å²) in [6.07, 6.45) is 2.16. The van der Waals surface area contributed by atoms with E-state index in [4.69, 9.17) is 4.74 Å². The van der Waals surface area contributed by atoms with Gasteiger partial charge in [0.2, 0.25) is 5.91 Å². The second-order valence-corrected chi connectivity index (χ2v) is 6.00. The average Bonchev–Trinajstić information content (AvgIpc) is 3.14. The molecule has 7 heteroatoms. The van der Waals surface area contributed by atoms with Gasteiger partial charge in [-0.1, -0.05) is 6.07 Å². The van der Waals surface area contributed by atoms with Crippen LogP contribution in [-0.4, -0.2) is 50.1 Å². The van der Waals surface area contributed by atoms with E-state index >= 15 is 0 Å². The third kappa shape index (κ3) is 6.01. The minimum absolute atomic E-state index is 0.0901. The predicted octanol–water partition coefficient (Wildman–Crippen LogP) is 1.65. The number of hydrogen-bond acceptors (Lipinski definition) is 3. The Kier molecular flexibility index (Phi) is 7.66. The zero-order valence-corrected chi connectivity index (χ0v) is 15.0. The van der Waals surface area contributed by atoms with Gasteiger partial charge in [0.1, 0.15) is 5.82 Å².